The number of hydrogen-bond acceptors (Lipinski definition) is 3. The summed E-state index contributed by atoms with van der Waals surface area (Å²) in [6, 6.07) is 12.6. The van der Waals surface area contributed by atoms with Crippen LogP contribution in [-0.4, -0.2) is 38.1 Å². The lowest BCUT2D eigenvalue weighted by atomic mass is 9.88. The summed E-state index contributed by atoms with van der Waals surface area (Å²) in [5, 5.41) is 2.95. The van der Waals surface area contributed by atoms with Gasteiger partial charge >= 0.3 is 6.18 Å². The number of nitrogens with zero attached hydrogens (tertiary/aromatic N) is 1. The van der Waals surface area contributed by atoms with Crippen LogP contribution in [0.15, 0.2) is 48.5 Å². The normalized spacial score (nSPS) is 20.2. The largest absolute Gasteiger partial charge is 0.497 e. The number of alkyl halides is 3. The van der Waals surface area contributed by atoms with Crippen molar-refractivity contribution >= 4 is 5.91 Å². The number of amides is 1. The van der Waals surface area contributed by atoms with Gasteiger partial charge in [0.15, 0.2) is 0 Å². The highest BCUT2D eigenvalue weighted by atomic mass is 19.4. The van der Waals surface area contributed by atoms with Gasteiger partial charge in [-0.25, -0.2) is 0 Å². The quantitative estimate of drug-likeness (QED) is 0.844. The van der Waals surface area contributed by atoms with E-state index >= 15 is 0 Å². The third-order valence-corrected chi connectivity index (χ3v) is 5.11. The van der Waals surface area contributed by atoms with Crippen LogP contribution in [0.4, 0.5) is 13.2 Å². The lowest BCUT2D eigenvalue weighted by molar-refractivity contribution is -0.137. The van der Waals surface area contributed by atoms with Gasteiger partial charge in [-0.2, -0.15) is 13.2 Å². The molecule has 3 rings (SSSR count). The molecule has 1 aliphatic rings. The zero-order chi connectivity index (χ0) is 20.3. The van der Waals surface area contributed by atoms with Crippen molar-refractivity contribution in [3.05, 3.63) is 65.2 Å². The highest BCUT2D eigenvalue weighted by Gasteiger charge is 2.37. The van der Waals surface area contributed by atoms with Gasteiger partial charge in [-0.15, -0.1) is 0 Å². The second kappa shape index (κ2) is 8.22. The van der Waals surface area contributed by atoms with Gasteiger partial charge in [0.25, 0.3) is 0 Å². The van der Waals surface area contributed by atoms with Crippen LogP contribution in [-0.2, 0) is 17.5 Å². The number of carbonyl (C=O) groups excluding carboxylic acids is 1. The summed E-state index contributed by atoms with van der Waals surface area (Å²) in [6.07, 6.45) is -4.36. The Hall–Kier alpha value is -2.54. The van der Waals surface area contributed by atoms with Gasteiger partial charge in [-0.3, -0.25) is 4.79 Å². The summed E-state index contributed by atoms with van der Waals surface area (Å²) in [4.78, 5) is 14.8. The van der Waals surface area contributed by atoms with Crippen molar-refractivity contribution in [2.24, 2.45) is 5.92 Å². The fraction of sp³-hybridized carbons (Fsp3) is 0.381. The minimum Gasteiger partial charge on any atom is -0.497 e. The number of halogens is 3. The highest BCUT2D eigenvalue weighted by molar-refractivity contribution is 5.80. The Morgan fingerprint density at radius 2 is 1.89 bits per heavy atom. The van der Waals surface area contributed by atoms with Crippen LogP contribution in [0.2, 0.25) is 0 Å². The third kappa shape index (κ3) is 4.65. The van der Waals surface area contributed by atoms with Gasteiger partial charge in [-0.1, -0.05) is 24.3 Å². The summed E-state index contributed by atoms with van der Waals surface area (Å²) < 4.78 is 43.6. The molecule has 2 atom stereocenters. The van der Waals surface area contributed by atoms with Gasteiger partial charge < -0.3 is 15.0 Å². The summed E-state index contributed by atoms with van der Waals surface area (Å²) in [5.74, 6) is 0.164. The number of nitrogens with one attached hydrogen (secondary N) is 1. The highest BCUT2D eigenvalue weighted by Crippen LogP contribution is 2.35. The van der Waals surface area contributed by atoms with Crippen LogP contribution in [0, 0.1) is 5.92 Å². The Labute approximate surface area is 162 Å². The van der Waals surface area contributed by atoms with E-state index in [1.165, 1.54) is 12.1 Å². The Kier molecular flexibility index (Phi) is 5.93. The van der Waals surface area contributed by atoms with Crippen LogP contribution in [0.3, 0.4) is 0 Å². The smallest absolute Gasteiger partial charge is 0.416 e. The number of likely N-dealkylation sites (tertiary alicyclic amines) is 1. The molecular formula is C21H23F3N2O2. The molecule has 0 aromatic heterocycles. The number of methoxy groups -OCH3 is 1. The Morgan fingerprint density at radius 1 is 1.18 bits per heavy atom. The second-order valence-electron chi connectivity index (χ2n) is 7.12. The molecule has 1 saturated heterocycles. The molecule has 2 aromatic rings. The zero-order valence-corrected chi connectivity index (χ0v) is 15.8. The second-order valence-corrected chi connectivity index (χ2v) is 7.12. The van der Waals surface area contributed by atoms with Gasteiger partial charge in [-0.05, 0) is 42.4 Å². The number of hydrogen-bond donors (Lipinski definition) is 1. The zero-order valence-electron chi connectivity index (χ0n) is 15.8. The first-order valence-corrected chi connectivity index (χ1v) is 9.04. The molecular weight excluding hydrogens is 369 g/mol. The van der Waals surface area contributed by atoms with Crippen LogP contribution in [0.1, 0.15) is 22.6 Å². The van der Waals surface area contributed by atoms with Gasteiger partial charge in [0.1, 0.15) is 5.75 Å². The molecule has 2 aromatic carbocycles. The van der Waals surface area contributed by atoms with Crippen molar-refractivity contribution in [1.29, 1.82) is 0 Å². The van der Waals surface area contributed by atoms with Crippen molar-refractivity contribution in [3.63, 3.8) is 0 Å². The fourth-order valence-corrected chi connectivity index (χ4v) is 3.63. The molecule has 1 N–H and O–H groups in total. The summed E-state index contributed by atoms with van der Waals surface area (Å²) >= 11 is 0. The third-order valence-electron chi connectivity index (χ3n) is 5.11. The molecule has 28 heavy (non-hydrogen) atoms. The molecule has 1 heterocycles. The van der Waals surface area contributed by atoms with E-state index in [0.29, 0.717) is 19.6 Å². The molecule has 1 aliphatic heterocycles. The topological polar surface area (TPSA) is 41.6 Å². The summed E-state index contributed by atoms with van der Waals surface area (Å²) in [7, 11) is 3.49. The van der Waals surface area contributed by atoms with E-state index in [1.54, 1.807) is 7.11 Å². The Balaban J connectivity index is 1.69. The SMILES string of the molecule is COc1cccc(CNC(=O)[C@@H]2CN(C)C[C@H]2c2ccc(C(F)(F)F)cc2)c1. The fourth-order valence-electron chi connectivity index (χ4n) is 3.63. The van der Waals surface area contributed by atoms with E-state index in [9.17, 15) is 18.0 Å². The van der Waals surface area contributed by atoms with E-state index in [-0.39, 0.29) is 17.7 Å². The minimum absolute atomic E-state index is 0.0999. The number of rotatable bonds is 5. The molecule has 1 amide bonds. The summed E-state index contributed by atoms with van der Waals surface area (Å²) in [5.41, 5.74) is 0.991. The lowest BCUT2D eigenvalue weighted by Crippen LogP contribution is -2.34. The van der Waals surface area contributed by atoms with Gasteiger partial charge in [0.05, 0.1) is 18.6 Å². The number of carbonyl (C=O) groups is 1. The van der Waals surface area contributed by atoms with Crippen LogP contribution < -0.4 is 10.1 Å². The number of benzene rings is 2. The molecule has 1 fully saturated rings. The minimum atomic E-state index is -4.36. The number of ether oxygens (including phenoxy) is 1. The molecule has 0 saturated carbocycles. The Morgan fingerprint density at radius 3 is 2.54 bits per heavy atom. The molecule has 150 valence electrons. The molecule has 0 aliphatic carbocycles. The first-order chi connectivity index (χ1) is 13.3. The maximum atomic E-state index is 12.8. The van der Waals surface area contributed by atoms with E-state index < -0.39 is 11.7 Å². The van der Waals surface area contributed by atoms with Crippen LogP contribution in [0.5, 0.6) is 5.75 Å². The molecule has 0 unspecified atom stereocenters. The van der Waals surface area contributed by atoms with Crippen LogP contribution >= 0.6 is 0 Å². The van der Waals surface area contributed by atoms with E-state index in [1.807, 2.05) is 36.2 Å². The van der Waals surface area contributed by atoms with Gasteiger partial charge in [0, 0.05) is 25.6 Å². The maximum Gasteiger partial charge on any atom is 0.416 e. The first-order valence-electron chi connectivity index (χ1n) is 9.04. The van der Waals surface area contributed by atoms with E-state index in [4.69, 9.17) is 4.74 Å². The molecule has 0 radical (unpaired) electrons. The van der Waals surface area contributed by atoms with Crippen molar-refractivity contribution < 1.29 is 22.7 Å². The predicted molar refractivity (Wildman–Crippen MR) is 100 cm³/mol. The average molecular weight is 392 g/mol. The average Bonchev–Trinajstić information content (AvgIpc) is 3.07. The van der Waals surface area contributed by atoms with Crippen molar-refractivity contribution in [2.45, 2.75) is 18.6 Å². The van der Waals surface area contributed by atoms with Crippen molar-refractivity contribution in [3.8, 4) is 5.75 Å². The van der Waals surface area contributed by atoms with Crippen LogP contribution in [0.25, 0.3) is 0 Å². The lowest BCUT2D eigenvalue weighted by Gasteiger charge is -2.19. The maximum absolute atomic E-state index is 12.8. The van der Waals surface area contributed by atoms with E-state index in [2.05, 4.69) is 5.32 Å². The monoisotopic (exact) mass is 392 g/mol. The molecule has 7 heteroatoms. The Bertz CT molecular complexity index is 821. The number of likely N-dealkylation sites (N-methyl/N-ethyl adjacent to an activating group) is 1. The van der Waals surface area contributed by atoms with Gasteiger partial charge in [0.2, 0.25) is 5.91 Å². The predicted octanol–water partition coefficient (Wildman–Crippen LogP) is 3.68. The van der Waals surface area contributed by atoms with Crippen molar-refractivity contribution in [2.75, 3.05) is 27.2 Å². The standard InChI is InChI=1S/C21H23F3N2O2/c1-26-12-18(15-6-8-16(9-7-15)21(22,23)24)19(13-26)20(27)25-11-14-4-3-5-17(10-14)28-2/h3-10,18-19H,11-13H2,1-2H3,(H,25,27)/t18-,19+/m0/s1. The molecule has 4 nitrogen and oxygen atoms in total. The van der Waals surface area contributed by atoms with E-state index in [0.717, 1.165) is 29.0 Å². The first kappa shape index (κ1) is 20.2. The molecule has 0 bridgehead atoms. The summed E-state index contributed by atoms with van der Waals surface area (Å²) in [6.45, 7) is 1.56. The molecule has 0 spiro atoms. The van der Waals surface area contributed by atoms with Crippen molar-refractivity contribution in [1.82, 2.24) is 10.2 Å².